The lowest BCUT2D eigenvalue weighted by Gasteiger charge is -2.19. The van der Waals surface area contributed by atoms with E-state index in [9.17, 15) is 18.0 Å². The number of sulfone groups is 1. The number of aromatic nitrogens is 1. The first-order valence-corrected chi connectivity index (χ1v) is 16.9. The Bertz CT molecular complexity index is 1830. The molecule has 0 spiro atoms. The highest BCUT2D eigenvalue weighted by atomic mass is 32.2. The number of hydrogen-bond acceptors (Lipinski definition) is 9. The summed E-state index contributed by atoms with van der Waals surface area (Å²) in [5.41, 5.74) is 2.25. The zero-order valence-corrected chi connectivity index (χ0v) is 27.8. The fraction of sp³-hybridized carbons (Fsp3) is 0.216. The van der Waals surface area contributed by atoms with E-state index in [1.54, 1.807) is 67.6 Å². The van der Waals surface area contributed by atoms with Crippen molar-refractivity contribution in [1.29, 1.82) is 0 Å². The van der Waals surface area contributed by atoms with Crippen LogP contribution in [0.5, 0.6) is 17.2 Å². The van der Waals surface area contributed by atoms with Gasteiger partial charge in [-0.15, -0.1) is 0 Å². The van der Waals surface area contributed by atoms with Crippen LogP contribution in [-0.4, -0.2) is 58.1 Å². The van der Waals surface area contributed by atoms with Gasteiger partial charge in [-0.3, -0.25) is 9.78 Å². The van der Waals surface area contributed by atoms with Gasteiger partial charge in [0.2, 0.25) is 0 Å². The fourth-order valence-electron chi connectivity index (χ4n) is 4.58. The minimum Gasteiger partial charge on any atom is -0.497 e. The van der Waals surface area contributed by atoms with Crippen LogP contribution in [0.2, 0.25) is 0 Å². The van der Waals surface area contributed by atoms with Crippen molar-refractivity contribution in [2.75, 3.05) is 26.6 Å². The number of carbonyl (C=O) groups excluding carboxylic acids is 2. The van der Waals surface area contributed by atoms with Gasteiger partial charge in [0.05, 0.1) is 37.0 Å². The van der Waals surface area contributed by atoms with Crippen LogP contribution in [0.25, 0.3) is 10.9 Å². The van der Waals surface area contributed by atoms with Gasteiger partial charge in [0.1, 0.15) is 17.2 Å². The Kier molecular flexibility index (Phi) is 12.9. The molecule has 0 saturated carbocycles. The van der Waals surface area contributed by atoms with Crippen LogP contribution in [0.15, 0.2) is 120 Å². The summed E-state index contributed by atoms with van der Waals surface area (Å²) in [7, 11) is -0.399. The number of aryl methyl sites for hydroxylation is 1. The number of methoxy groups -OCH3 is 2. The molecular formula is C37H38N2O8S. The van der Waals surface area contributed by atoms with Gasteiger partial charge in [-0.1, -0.05) is 42.5 Å². The Labute approximate surface area is 280 Å². The largest absolute Gasteiger partial charge is 0.497 e. The maximum atomic E-state index is 12.7. The third kappa shape index (κ3) is 10.3. The van der Waals surface area contributed by atoms with Gasteiger partial charge in [-0.2, -0.15) is 0 Å². The summed E-state index contributed by atoms with van der Waals surface area (Å²) in [5.74, 6) is 0.158. The standard InChI is InChI=1S/C28H31NO8S.C9H7N/c1-4-36-28(31)27(29-26(30)21-8-5-9-24(19-21)35-3)37-23-12-10-20(11-13-23)7-6-18-38(32,33)25-16-14-22(34-2)15-17-25;1-2-6-9-8(4-1)5-3-7-10-9/h5,8-17,19,27H,4,6-7,18H2,1-3H3,(H,29,30);1-7H. The van der Waals surface area contributed by atoms with Crippen molar-refractivity contribution in [2.24, 2.45) is 0 Å². The van der Waals surface area contributed by atoms with Crippen molar-refractivity contribution in [3.8, 4) is 17.2 Å². The average molecular weight is 671 g/mol. The van der Waals surface area contributed by atoms with Crippen LogP contribution in [0.4, 0.5) is 0 Å². The van der Waals surface area contributed by atoms with E-state index in [0.717, 1.165) is 11.1 Å². The van der Waals surface area contributed by atoms with Gasteiger partial charge in [0.25, 0.3) is 12.1 Å². The highest BCUT2D eigenvalue weighted by Crippen LogP contribution is 2.20. The van der Waals surface area contributed by atoms with Crippen LogP contribution in [0.1, 0.15) is 29.3 Å². The minimum atomic E-state index is -3.41. The molecule has 5 aromatic rings. The second kappa shape index (κ2) is 17.5. The highest BCUT2D eigenvalue weighted by Gasteiger charge is 2.25. The summed E-state index contributed by atoms with van der Waals surface area (Å²) in [5, 5.41) is 3.74. The lowest BCUT2D eigenvalue weighted by atomic mass is 10.1. The number of para-hydroxylation sites is 1. The second-order valence-corrected chi connectivity index (χ2v) is 12.5. The summed E-state index contributed by atoms with van der Waals surface area (Å²) in [6.45, 7) is 1.77. The Morgan fingerprint density at radius 1 is 0.792 bits per heavy atom. The van der Waals surface area contributed by atoms with Gasteiger partial charge >= 0.3 is 5.97 Å². The number of nitrogens with one attached hydrogen (secondary N) is 1. The lowest BCUT2D eigenvalue weighted by Crippen LogP contribution is -2.46. The second-order valence-electron chi connectivity index (χ2n) is 10.4. The van der Waals surface area contributed by atoms with Crippen molar-refractivity contribution in [3.63, 3.8) is 0 Å². The predicted octanol–water partition coefficient (Wildman–Crippen LogP) is 6.04. The van der Waals surface area contributed by atoms with E-state index in [2.05, 4.69) is 22.4 Å². The molecule has 0 bridgehead atoms. The molecule has 5 rings (SSSR count). The maximum Gasteiger partial charge on any atom is 0.369 e. The molecule has 0 aliphatic heterocycles. The van der Waals surface area contributed by atoms with Crippen LogP contribution in [-0.2, 0) is 25.8 Å². The van der Waals surface area contributed by atoms with Gasteiger partial charge < -0.3 is 24.3 Å². The third-order valence-electron chi connectivity index (χ3n) is 7.08. The number of rotatable bonds is 13. The van der Waals surface area contributed by atoms with E-state index in [1.807, 2.05) is 30.5 Å². The predicted molar refractivity (Wildman–Crippen MR) is 183 cm³/mol. The summed E-state index contributed by atoms with van der Waals surface area (Å²) in [4.78, 5) is 29.6. The Balaban J connectivity index is 0.000000438. The summed E-state index contributed by atoms with van der Waals surface area (Å²) >= 11 is 0. The van der Waals surface area contributed by atoms with Crippen LogP contribution in [0.3, 0.4) is 0 Å². The third-order valence-corrected chi connectivity index (χ3v) is 8.90. The van der Waals surface area contributed by atoms with E-state index in [1.165, 1.54) is 31.7 Å². The van der Waals surface area contributed by atoms with Crippen molar-refractivity contribution >= 4 is 32.6 Å². The molecule has 1 amide bonds. The molecule has 1 aromatic heterocycles. The van der Waals surface area contributed by atoms with E-state index < -0.39 is 27.9 Å². The highest BCUT2D eigenvalue weighted by molar-refractivity contribution is 7.91. The van der Waals surface area contributed by atoms with Gasteiger partial charge in [0, 0.05) is 17.1 Å². The molecule has 0 aliphatic carbocycles. The number of pyridine rings is 1. The molecule has 1 unspecified atom stereocenters. The molecule has 0 saturated heterocycles. The number of amides is 1. The molecule has 10 nitrogen and oxygen atoms in total. The normalized spacial score (nSPS) is 11.4. The lowest BCUT2D eigenvalue weighted by molar-refractivity contribution is -0.152. The molecule has 250 valence electrons. The zero-order valence-electron chi connectivity index (χ0n) is 27.0. The number of fused-ring (bicyclic) bond motifs is 1. The van der Waals surface area contributed by atoms with Crippen LogP contribution in [0, 0.1) is 0 Å². The first kappa shape index (κ1) is 35.4. The van der Waals surface area contributed by atoms with Crippen molar-refractivity contribution < 1.29 is 37.0 Å². The van der Waals surface area contributed by atoms with Gasteiger partial charge in [-0.25, -0.2) is 13.2 Å². The molecule has 4 aromatic carbocycles. The average Bonchev–Trinajstić information content (AvgIpc) is 3.12. The summed E-state index contributed by atoms with van der Waals surface area (Å²) in [6.07, 6.45) is 1.40. The zero-order chi connectivity index (χ0) is 34.4. The number of ether oxygens (including phenoxy) is 4. The quantitative estimate of drug-likeness (QED) is 0.118. The van der Waals surface area contributed by atoms with Gasteiger partial charge in [0.15, 0.2) is 9.84 Å². The van der Waals surface area contributed by atoms with Crippen LogP contribution < -0.4 is 19.5 Å². The molecule has 0 fully saturated rings. The molecule has 11 heteroatoms. The molecule has 1 atom stereocenters. The SMILES string of the molecule is CCOC(=O)C(NC(=O)c1cccc(OC)c1)Oc1ccc(CCCS(=O)(=O)c2ccc(OC)cc2)cc1.c1ccc2ncccc2c1. The Hall–Kier alpha value is -5.42. The summed E-state index contributed by atoms with van der Waals surface area (Å²) in [6, 6.07) is 31.7. The topological polar surface area (TPSA) is 130 Å². The fourth-order valence-corrected chi connectivity index (χ4v) is 5.89. The number of benzene rings is 4. The van der Waals surface area contributed by atoms with Crippen molar-refractivity contribution in [1.82, 2.24) is 10.3 Å². The first-order valence-electron chi connectivity index (χ1n) is 15.3. The number of carbonyl (C=O) groups is 2. The molecule has 0 aliphatic rings. The monoisotopic (exact) mass is 670 g/mol. The van der Waals surface area contributed by atoms with Crippen LogP contribution >= 0.6 is 0 Å². The Morgan fingerprint density at radius 2 is 1.48 bits per heavy atom. The van der Waals surface area contributed by atoms with E-state index in [-0.39, 0.29) is 17.3 Å². The molecule has 48 heavy (non-hydrogen) atoms. The van der Waals surface area contributed by atoms with Gasteiger partial charge in [-0.05, 0) is 92.1 Å². The van der Waals surface area contributed by atoms with E-state index in [4.69, 9.17) is 18.9 Å². The molecule has 1 heterocycles. The van der Waals surface area contributed by atoms with E-state index >= 15 is 0 Å². The van der Waals surface area contributed by atoms with Crippen molar-refractivity contribution in [3.05, 3.63) is 127 Å². The van der Waals surface area contributed by atoms with E-state index in [0.29, 0.717) is 35.7 Å². The number of esters is 1. The molecule has 1 N–H and O–H groups in total. The minimum absolute atomic E-state index is 0.00117. The molecule has 0 radical (unpaired) electrons. The molecular weight excluding hydrogens is 632 g/mol. The van der Waals surface area contributed by atoms with Crippen molar-refractivity contribution in [2.45, 2.75) is 30.9 Å². The smallest absolute Gasteiger partial charge is 0.369 e. The Morgan fingerprint density at radius 3 is 2.17 bits per heavy atom. The number of nitrogens with zero attached hydrogens (tertiary/aromatic N) is 1. The maximum absolute atomic E-state index is 12.7. The number of hydrogen-bond donors (Lipinski definition) is 1. The first-order chi connectivity index (χ1) is 23.2. The summed E-state index contributed by atoms with van der Waals surface area (Å²) < 4.78 is 46.2.